The number of hydrogen-bond acceptors (Lipinski definition) is 5. The molecular formula is C23H24N4O3. The molecule has 3 aromatic rings. The van der Waals surface area contributed by atoms with Crippen molar-refractivity contribution in [3.63, 3.8) is 0 Å². The van der Waals surface area contributed by atoms with Crippen LogP contribution in [0.4, 0.5) is 0 Å². The zero-order chi connectivity index (χ0) is 21.5. The molecule has 0 atom stereocenters. The van der Waals surface area contributed by atoms with Gasteiger partial charge in [-0.05, 0) is 55.3 Å². The van der Waals surface area contributed by atoms with Crippen molar-refractivity contribution in [3.05, 3.63) is 76.9 Å². The van der Waals surface area contributed by atoms with E-state index in [9.17, 15) is 10.1 Å². The number of aromatic nitrogens is 3. The van der Waals surface area contributed by atoms with E-state index < -0.39 is 5.97 Å². The highest BCUT2D eigenvalue weighted by Crippen LogP contribution is 2.19. The van der Waals surface area contributed by atoms with Crippen LogP contribution in [-0.2, 0) is 27.4 Å². The molecule has 30 heavy (non-hydrogen) atoms. The number of methoxy groups -OCH3 is 1. The largest absolute Gasteiger partial charge is 0.457 e. The Kier molecular flexibility index (Phi) is 6.83. The molecule has 0 fully saturated rings. The maximum absolute atomic E-state index is 12.4. The Balaban J connectivity index is 1.67. The molecule has 1 aromatic carbocycles. The Hall–Kier alpha value is -3.63. The van der Waals surface area contributed by atoms with Gasteiger partial charge >= 0.3 is 5.97 Å². The lowest BCUT2D eigenvalue weighted by molar-refractivity contribution is -0.139. The smallest absolute Gasteiger partial charge is 0.349 e. The predicted octanol–water partition coefficient (Wildman–Crippen LogP) is 3.59. The third kappa shape index (κ3) is 4.85. The molecule has 154 valence electrons. The van der Waals surface area contributed by atoms with Crippen LogP contribution in [0.25, 0.3) is 11.8 Å². The number of carbonyl (C=O) groups is 1. The van der Waals surface area contributed by atoms with E-state index in [1.165, 1.54) is 0 Å². The number of nitrogens with zero attached hydrogens (tertiary/aromatic N) is 4. The van der Waals surface area contributed by atoms with Gasteiger partial charge in [0, 0.05) is 37.4 Å². The molecule has 3 rings (SSSR count). The van der Waals surface area contributed by atoms with Gasteiger partial charge in [-0.3, -0.25) is 0 Å². The minimum absolute atomic E-state index is 0.0323. The molecule has 0 aliphatic rings. The fraction of sp³-hybridized carbons (Fsp3) is 0.261. The van der Waals surface area contributed by atoms with Gasteiger partial charge in [0.15, 0.2) is 0 Å². The number of aryl methyl sites for hydroxylation is 1. The van der Waals surface area contributed by atoms with Gasteiger partial charge in [-0.15, -0.1) is 0 Å². The van der Waals surface area contributed by atoms with Crippen LogP contribution < -0.4 is 0 Å². The standard InChI is InChI=1S/C23H24N4O3/c1-17-13-20(18(2)26(17)11-12-29-3)14-21(15-24)23(28)30-16-19-5-7-22(8-6-19)27-10-4-9-25-27/h4-10,13-14H,11-12,16H2,1-3H3/b21-14+. The van der Waals surface area contributed by atoms with Crippen molar-refractivity contribution < 1.29 is 14.3 Å². The van der Waals surface area contributed by atoms with Gasteiger partial charge in [0.1, 0.15) is 18.2 Å². The second-order valence-corrected chi connectivity index (χ2v) is 6.83. The second-order valence-electron chi connectivity index (χ2n) is 6.83. The zero-order valence-electron chi connectivity index (χ0n) is 17.3. The molecule has 0 N–H and O–H groups in total. The molecule has 2 aromatic heterocycles. The summed E-state index contributed by atoms with van der Waals surface area (Å²) in [5, 5.41) is 13.6. The van der Waals surface area contributed by atoms with Gasteiger partial charge in [0.05, 0.1) is 12.3 Å². The molecule has 0 saturated heterocycles. The van der Waals surface area contributed by atoms with Gasteiger partial charge in [-0.2, -0.15) is 10.4 Å². The first kappa shape index (κ1) is 21.1. The summed E-state index contributed by atoms with van der Waals surface area (Å²) in [6.45, 7) is 5.33. The minimum Gasteiger partial charge on any atom is -0.457 e. The number of nitriles is 1. The Bertz CT molecular complexity index is 1070. The van der Waals surface area contributed by atoms with Crippen molar-refractivity contribution in [2.45, 2.75) is 27.0 Å². The molecule has 0 radical (unpaired) electrons. The van der Waals surface area contributed by atoms with Crippen LogP contribution in [0.1, 0.15) is 22.5 Å². The van der Waals surface area contributed by atoms with Crippen LogP contribution in [-0.4, -0.2) is 34.0 Å². The summed E-state index contributed by atoms with van der Waals surface area (Å²) in [5.74, 6) is -0.643. The summed E-state index contributed by atoms with van der Waals surface area (Å²) in [5.41, 5.74) is 4.54. The van der Waals surface area contributed by atoms with E-state index in [-0.39, 0.29) is 12.2 Å². The summed E-state index contributed by atoms with van der Waals surface area (Å²) in [6, 6.07) is 13.3. The lowest BCUT2D eigenvalue weighted by Crippen LogP contribution is -2.08. The maximum atomic E-state index is 12.4. The van der Waals surface area contributed by atoms with E-state index in [2.05, 4.69) is 9.67 Å². The molecule has 0 aliphatic carbocycles. The monoisotopic (exact) mass is 404 g/mol. The quantitative estimate of drug-likeness (QED) is 0.326. The zero-order valence-corrected chi connectivity index (χ0v) is 17.3. The minimum atomic E-state index is -0.643. The van der Waals surface area contributed by atoms with Crippen molar-refractivity contribution in [2.24, 2.45) is 0 Å². The van der Waals surface area contributed by atoms with Crippen LogP contribution in [0.5, 0.6) is 0 Å². The topological polar surface area (TPSA) is 82.1 Å². The Morgan fingerprint density at radius 3 is 2.67 bits per heavy atom. The number of ether oxygens (including phenoxy) is 2. The molecule has 7 heteroatoms. The Labute approximate surface area is 175 Å². The molecule has 0 saturated carbocycles. The average Bonchev–Trinajstić information content (AvgIpc) is 3.38. The Morgan fingerprint density at radius 1 is 1.27 bits per heavy atom. The molecule has 0 unspecified atom stereocenters. The molecule has 7 nitrogen and oxygen atoms in total. The van der Waals surface area contributed by atoms with Gasteiger partial charge in [0.2, 0.25) is 0 Å². The average molecular weight is 404 g/mol. The lowest BCUT2D eigenvalue weighted by atomic mass is 10.1. The molecule has 0 spiro atoms. The Morgan fingerprint density at radius 2 is 2.03 bits per heavy atom. The van der Waals surface area contributed by atoms with Crippen molar-refractivity contribution >= 4 is 12.0 Å². The highest BCUT2D eigenvalue weighted by atomic mass is 16.5. The van der Waals surface area contributed by atoms with Crippen LogP contribution in [0.15, 0.2) is 54.4 Å². The maximum Gasteiger partial charge on any atom is 0.349 e. The van der Waals surface area contributed by atoms with Crippen LogP contribution in [0, 0.1) is 25.2 Å². The summed E-state index contributed by atoms with van der Waals surface area (Å²) in [7, 11) is 1.66. The third-order valence-corrected chi connectivity index (χ3v) is 4.85. The van der Waals surface area contributed by atoms with E-state index >= 15 is 0 Å². The van der Waals surface area contributed by atoms with E-state index in [1.54, 1.807) is 24.1 Å². The highest BCUT2D eigenvalue weighted by Gasteiger charge is 2.14. The van der Waals surface area contributed by atoms with Gasteiger partial charge < -0.3 is 14.0 Å². The summed E-state index contributed by atoms with van der Waals surface area (Å²) < 4.78 is 14.3. The number of esters is 1. The molecule has 0 bridgehead atoms. The number of benzene rings is 1. The first-order valence-corrected chi connectivity index (χ1v) is 9.57. The molecule has 0 aliphatic heterocycles. The van der Waals surface area contributed by atoms with E-state index in [0.29, 0.717) is 13.2 Å². The van der Waals surface area contributed by atoms with Crippen molar-refractivity contribution in [2.75, 3.05) is 13.7 Å². The fourth-order valence-corrected chi connectivity index (χ4v) is 3.19. The van der Waals surface area contributed by atoms with Crippen molar-refractivity contribution in [1.29, 1.82) is 5.26 Å². The predicted molar refractivity (Wildman–Crippen MR) is 113 cm³/mol. The van der Waals surface area contributed by atoms with Crippen LogP contribution in [0.2, 0.25) is 0 Å². The van der Waals surface area contributed by atoms with Crippen LogP contribution in [0.3, 0.4) is 0 Å². The normalized spacial score (nSPS) is 11.3. The number of hydrogen-bond donors (Lipinski definition) is 0. The van der Waals surface area contributed by atoms with Gasteiger partial charge in [0.25, 0.3) is 0 Å². The molecule has 2 heterocycles. The summed E-state index contributed by atoms with van der Waals surface area (Å²) in [6.07, 6.45) is 5.14. The van der Waals surface area contributed by atoms with Gasteiger partial charge in [-0.1, -0.05) is 12.1 Å². The van der Waals surface area contributed by atoms with E-state index in [4.69, 9.17) is 9.47 Å². The SMILES string of the molecule is COCCn1c(C)cc(/C=C(\C#N)C(=O)OCc2ccc(-n3cccn3)cc2)c1C. The first-order valence-electron chi connectivity index (χ1n) is 9.57. The summed E-state index contributed by atoms with van der Waals surface area (Å²) in [4.78, 5) is 12.4. The molecular weight excluding hydrogens is 380 g/mol. The lowest BCUT2D eigenvalue weighted by Gasteiger charge is -2.08. The van der Waals surface area contributed by atoms with Crippen LogP contribution >= 0.6 is 0 Å². The van der Waals surface area contributed by atoms with Gasteiger partial charge in [-0.25, -0.2) is 9.48 Å². The van der Waals surface area contributed by atoms with E-state index in [1.807, 2.05) is 62.5 Å². The third-order valence-electron chi connectivity index (χ3n) is 4.85. The summed E-state index contributed by atoms with van der Waals surface area (Å²) >= 11 is 0. The molecule has 0 amide bonds. The van der Waals surface area contributed by atoms with E-state index in [0.717, 1.165) is 28.2 Å². The number of carbonyl (C=O) groups excluding carboxylic acids is 1. The van der Waals surface area contributed by atoms with Crippen molar-refractivity contribution in [3.8, 4) is 11.8 Å². The van der Waals surface area contributed by atoms with Crippen molar-refractivity contribution in [1.82, 2.24) is 14.3 Å². The second kappa shape index (κ2) is 9.72. The fourth-order valence-electron chi connectivity index (χ4n) is 3.19. The number of rotatable bonds is 8. The first-order chi connectivity index (χ1) is 14.5. The highest BCUT2D eigenvalue weighted by molar-refractivity contribution is 5.98.